The largest absolute Gasteiger partial charge is 0.361 e. The van der Waals surface area contributed by atoms with E-state index in [2.05, 4.69) is 47.7 Å². The van der Waals surface area contributed by atoms with Gasteiger partial charge in [-0.3, -0.25) is 0 Å². The predicted molar refractivity (Wildman–Crippen MR) is 79.6 cm³/mol. The Labute approximate surface area is 120 Å². The van der Waals surface area contributed by atoms with Crippen LogP contribution in [0.15, 0.2) is 34.9 Å². The van der Waals surface area contributed by atoms with Gasteiger partial charge in [-0.1, -0.05) is 35.5 Å². The summed E-state index contributed by atoms with van der Waals surface area (Å²) in [6.07, 6.45) is 1.29. The number of rotatable bonds is 5. The number of aromatic nitrogens is 1. The van der Waals surface area contributed by atoms with Crippen LogP contribution >= 0.6 is 0 Å². The van der Waals surface area contributed by atoms with E-state index in [9.17, 15) is 0 Å². The summed E-state index contributed by atoms with van der Waals surface area (Å²) in [6.45, 7) is 7.11. The van der Waals surface area contributed by atoms with Crippen LogP contribution in [0, 0.1) is 19.8 Å². The van der Waals surface area contributed by atoms with Gasteiger partial charge in [0.1, 0.15) is 5.76 Å². The van der Waals surface area contributed by atoms with Crippen molar-refractivity contribution in [3.05, 3.63) is 52.9 Å². The normalized spacial score (nSPS) is 22.8. The molecule has 1 fully saturated rings. The Hall–Kier alpha value is -1.61. The summed E-state index contributed by atoms with van der Waals surface area (Å²) < 4.78 is 5.20. The third kappa shape index (κ3) is 2.63. The molecule has 1 aliphatic rings. The molecule has 1 aromatic carbocycles. The Kier molecular flexibility index (Phi) is 3.62. The van der Waals surface area contributed by atoms with Crippen molar-refractivity contribution < 1.29 is 4.52 Å². The molecular weight excluding hydrogens is 248 g/mol. The van der Waals surface area contributed by atoms with Gasteiger partial charge < -0.3 is 9.84 Å². The van der Waals surface area contributed by atoms with Gasteiger partial charge in [0.25, 0.3) is 0 Å². The van der Waals surface area contributed by atoms with Crippen LogP contribution in [0.5, 0.6) is 0 Å². The van der Waals surface area contributed by atoms with E-state index in [1.54, 1.807) is 0 Å². The van der Waals surface area contributed by atoms with Gasteiger partial charge in [0.05, 0.1) is 5.69 Å². The van der Waals surface area contributed by atoms with E-state index in [-0.39, 0.29) is 0 Å². The highest BCUT2D eigenvalue weighted by Gasteiger charge is 2.41. The standard InChI is InChI=1S/C17H22N2O/c1-11(18-10-17-12(2)19-20-13(17)3)15-9-16(15)14-7-5-4-6-8-14/h4-8,11,15-16,18H,9-10H2,1-3H3/t11-,15-,16-/m1/s1. The van der Waals surface area contributed by atoms with Gasteiger partial charge >= 0.3 is 0 Å². The smallest absolute Gasteiger partial charge is 0.138 e. The summed E-state index contributed by atoms with van der Waals surface area (Å²) in [5, 5.41) is 7.63. The van der Waals surface area contributed by atoms with Crippen LogP contribution in [0.3, 0.4) is 0 Å². The highest BCUT2D eigenvalue weighted by molar-refractivity contribution is 5.27. The molecule has 1 heterocycles. The maximum absolute atomic E-state index is 5.20. The van der Waals surface area contributed by atoms with Crippen molar-refractivity contribution in [3.8, 4) is 0 Å². The Balaban J connectivity index is 1.55. The lowest BCUT2D eigenvalue weighted by Crippen LogP contribution is -2.28. The first-order valence-electron chi connectivity index (χ1n) is 7.37. The minimum Gasteiger partial charge on any atom is -0.361 e. The minimum atomic E-state index is 0.522. The number of nitrogens with one attached hydrogen (secondary N) is 1. The number of nitrogens with zero attached hydrogens (tertiary/aromatic N) is 1. The van der Waals surface area contributed by atoms with E-state index in [4.69, 9.17) is 4.52 Å². The zero-order chi connectivity index (χ0) is 14.1. The van der Waals surface area contributed by atoms with E-state index < -0.39 is 0 Å². The monoisotopic (exact) mass is 270 g/mol. The molecule has 0 spiro atoms. The van der Waals surface area contributed by atoms with Gasteiger partial charge in [-0.25, -0.2) is 0 Å². The molecule has 3 rings (SSSR count). The molecule has 1 aliphatic carbocycles. The van der Waals surface area contributed by atoms with Crippen LogP contribution < -0.4 is 5.32 Å². The van der Waals surface area contributed by atoms with Crippen LogP contribution in [-0.4, -0.2) is 11.2 Å². The average molecular weight is 270 g/mol. The first-order valence-corrected chi connectivity index (χ1v) is 7.37. The summed E-state index contributed by atoms with van der Waals surface area (Å²) in [4.78, 5) is 0. The lowest BCUT2D eigenvalue weighted by molar-refractivity contribution is 0.391. The van der Waals surface area contributed by atoms with Crippen molar-refractivity contribution in [1.82, 2.24) is 10.5 Å². The maximum atomic E-state index is 5.20. The lowest BCUT2D eigenvalue weighted by atomic mass is 10.1. The quantitative estimate of drug-likeness (QED) is 0.902. The Morgan fingerprint density at radius 1 is 1.30 bits per heavy atom. The van der Waals surface area contributed by atoms with Crippen molar-refractivity contribution in [2.75, 3.05) is 0 Å². The molecule has 0 aliphatic heterocycles. The number of benzene rings is 1. The van der Waals surface area contributed by atoms with E-state index in [1.165, 1.54) is 17.5 Å². The van der Waals surface area contributed by atoms with Gasteiger partial charge in [-0.15, -0.1) is 0 Å². The Bertz CT molecular complexity index is 556. The first-order chi connectivity index (χ1) is 9.66. The third-order valence-corrected chi connectivity index (χ3v) is 4.49. The topological polar surface area (TPSA) is 38.1 Å². The lowest BCUT2D eigenvalue weighted by Gasteiger charge is -2.13. The zero-order valence-corrected chi connectivity index (χ0v) is 12.4. The van der Waals surface area contributed by atoms with Crippen LogP contribution in [0.4, 0.5) is 0 Å². The fourth-order valence-corrected chi connectivity index (χ4v) is 3.02. The van der Waals surface area contributed by atoms with Crippen LogP contribution in [0.2, 0.25) is 0 Å². The second-order valence-electron chi connectivity index (χ2n) is 5.89. The molecule has 1 saturated carbocycles. The molecule has 0 amide bonds. The molecule has 0 unspecified atom stereocenters. The van der Waals surface area contributed by atoms with Crippen molar-refractivity contribution >= 4 is 0 Å². The van der Waals surface area contributed by atoms with Gasteiger partial charge in [0.2, 0.25) is 0 Å². The van der Waals surface area contributed by atoms with Crippen molar-refractivity contribution in [2.45, 2.75) is 45.7 Å². The Morgan fingerprint density at radius 2 is 2.05 bits per heavy atom. The number of aryl methyl sites for hydroxylation is 2. The van der Waals surface area contributed by atoms with Crippen molar-refractivity contribution in [1.29, 1.82) is 0 Å². The van der Waals surface area contributed by atoms with E-state index in [0.717, 1.165) is 29.8 Å². The highest BCUT2D eigenvalue weighted by atomic mass is 16.5. The fraction of sp³-hybridized carbons (Fsp3) is 0.471. The molecule has 0 radical (unpaired) electrons. The molecule has 3 heteroatoms. The zero-order valence-electron chi connectivity index (χ0n) is 12.4. The van der Waals surface area contributed by atoms with Crippen LogP contribution in [-0.2, 0) is 6.54 Å². The van der Waals surface area contributed by atoms with Crippen molar-refractivity contribution in [3.63, 3.8) is 0 Å². The predicted octanol–water partition coefficient (Wildman–Crippen LogP) is 3.57. The van der Waals surface area contributed by atoms with Crippen LogP contribution in [0.1, 0.15) is 41.8 Å². The maximum Gasteiger partial charge on any atom is 0.138 e. The molecule has 1 N–H and O–H groups in total. The average Bonchev–Trinajstić information content (AvgIpc) is 3.20. The molecular formula is C17H22N2O. The molecule has 2 aromatic rings. The summed E-state index contributed by atoms with van der Waals surface area (Å²) in [5.41, 5.74) is 3.68. The molecule has 20 heavy (non-hydrogen) atoms. The fourth-order valence-electron chi connectivity index (χ4n) is 3.02. The molecule has 1 aromatic heterocycles. The second-order valence-corrected chi connectivity index (χ2v) is 5.89. The van der Waals surface area contributed by atoms with Gasteiger partial charge in [0, 0.05) is 18.2 Å². The van der Waals surface area contributed by atoms with E-state index in [1.807, 2.05) is 13.8 Å². The molecule has 0 bridgehead atoms. The van der Waals surface area contributed by atoms with Crippen LogP contribution in [0.25, 0.3) is 0 Å². The van der Waals surface area contributed by atoms with Gasteiger partial charge in [-0.2, -0.15) is 0 Å². The van der Waals surface area contributed by atoms with Crippen molar-refractivity contribution in [2.24, 2.45) is 5.92 Å². The van der Waals surface area contributed by atoms with Gasteiger partial charge in [-0.05, 0) is 44.6 Å². The van der Waals surface area contributed by atoms with E-state index >= 15 is 0 Å². The summed E-state index contributed by atoms with van der Waals surface area (Å²) in [5.74, 6) is 2.40. The summed E-state index contributed by atoms with van der Waals surface area (Å²) in [6, 6.07) is 11.4. The first kappa shape index (κ1) is 13.4. The van der Waals surface area contributed by atoms with E-state index in [0.29, 0.717) is 6.04 Å². The highest BCUT2D eigenvalue weighted by Crippen LogP contribution is 2.49. The molecule has 0 saturated heterocycles. The Morgan fingerprint density at radius 3 is 2.70 bits per heavy atom. The third-order valence-electron chi connectivity index (χ3n) is 4.49. The number of hydrogen-bond acceptors (Lipinski definition) is 3. The SMILES string of the molecule is Cc1noc(C)c1CN[C@H](C)[C@H]1C[C@@H]1c1ccccc1. The second kappa shape index (κ2) is 5.41. The summed E-state index contributed by atoms with van der Waals surface area (Å²) >= 11 is 0. The minimum absolute atomic E-state index is 0.522. The van der Waals surface area contributed by atoms with Gasteiger partial charge in [0.15, 0.2) is 0 Å². The molecule has 3 atom stereocenters. The number of hydrogen-bond donors (Lipinski definition) is 1. The molecule has 106 valence electrons. The summed E-state index contributed by atoms with van der Waals surface area (Å²) in [7, 11) is 0. The molecule has 3 nitrogen and oxygen atoms in total.